The van der Waals surface area contributed by atoms with Gasteiger partial charge in [0.15, 0.2) is 0 Å². The van der Waals surface area contributed by atoms with Crippen LogP contribution in [-0.2, 0) is 16.8 Å². The molecule has 4 nitrogen and oxygen atoms in total. The number of nitrogens with two attached hydrogens (primary N) is 1. The van der Waals surface area contributed by atoms with E-state index in [1.807, 2.05) is 26.0 Å². The Balaban J connectivity index is 2.45. The first kappa shape index (κ1) is 14.2. The maximum absolute atomic E-state index is 11.7. The van der Waals surface area contributed by atoms with Crippen molar-refractivity contribution >= 4 is 5.97 Å². The van der Waals surface area contributed by atoms with Gasteiger partial charge in [-0.05, 0) is 36.6 Å². The monoisotopic (exact) mass is 270 g/mol. The zero-order valence-electron chi connectivity index (χ0n) is 11.6. The van der Waals surface area contributed by atoms with Gasteiger partial charge in [-0.1, -0.05) is 30.3 Å². The van der Waals surface area contributed by atoms with E-state index in [1.54, 1.807) is 30.5 Å². The van der Waals surface area contributed by atoms with Crippen LogP contribution in [0.15, 0.2) is 42.6 Å². The van der Waals surface area contributed by atoms with Crippen molar-refractivity contribution in [1.82, 2.24) is 4.98 Å². The molecule has 0 aliphatic heterocycles. The SMILES string of the molecule is Cc1nccc(CC(N)(C(=O)O)c2ccccc2)c1C. The fourth-order valence-corrected chi connectivity index (χ4v) is 2.22. The van der Waals surface area contributed by atoms with Crippen molar-refractivity contribution in [2.45, 2.75) is 25.8 Å². The zero-order valence-corrected chi connectivity index (χ0v) is 11.6. The van der Waals surface area contributed by atoms with Crippen LogP contribution in [0.2, 0.25) is 0 Å². The number of aryl methyl sites for hydroxylation is 1. The highest BCUT2D eigenvalue weighted by Crippen LogP contribution is 2.25. The Morgan fingerprint density at radius 3 is 2.50 bits per heavy atom. The van der Waals surface area contributed by atoms with E-state index < -0.39 is 11.5 Å². The lowest BCUT2D eigenvalue weighted by atomic mass is 9.83. The minimum atomic E-state index is -1.43. The summed E-state index contributed by atoms with van der Waals surface area (Å²) < 4.78 is 0. The number of nitrogens with zero attached hydrogens (tertiary/aromatic N) is 1. The quantitative estimate of drug-likeness (QED) is 0.892. The van der Waals surface area contributed by atoms with Gasteiger partial charge in [0.25, 0.3) is 0 Å². The standard InChI is InChI=1S/C16H18N2O2/c1-11-12(2)18-9-8-13(11)10-16(17,15(19)20)14-6-4-3-5-7-14/h3-9H,10,17H2,1-2H3,(H,19,20). The van der Waals surface area contributed by atoms with Gasteiger partial charge in [-0.15, -0.1) is 0 Å². The Labute approximate surface area is 118 Å². The van der Waals surface area contributed by atoms with Gasteiger partial charge < -0.3 is 10.8 Å². The number of aromatic nitrogens is 1. The Morgan fingerprint density at radius 1 is 1.25 bits per heavy atom. The maximum atomic E-state index is 11.7. The van der Waals surface area contributed by atoms with E-state index in [0.29, 0.717) is 5.56 Å². The molecule has 4 heteroatoms. The van der Waals surface area contributed by atoms with Crippen LogP contribution in [0.4, 0.5) is 0 Å². The minimum absolute atomic E-state index is 0.238. The van der Waals surface area contributed by atoms with Crippen molar-refractivity contribution in [2.24, 2.45) is 5.73 Å². The topological polar surface area (TPSA) is 76.2 Å². The Morgan fingerprint density at radius 2 is 1.90 bits per heavy atom. The third-order valence-corrected chi connectivity index (χ3v) is 3.71. The molecule has 1 aromatic heterocycles. The number of pyridine rings is 1. The van der Waals surface area contributed by atoms with Crippen LogP contribution in [0.1, 0.15) is 22.4 Å². The second kappa shape index (κ2) is 5.43. The number of carboxylic acids is 1. The average Bonchev–Trinajstić information content (AvgIpc) is 2.44. The van der Waals surface area contributed by atoms with Gasteiger partial charge in [-0.25, -0.2) is 4.79 Å². The van der Waals surface area contributed by atoms with Crippen LogP contribution in [-0.4, -0.2) is 16.1 Å². The number of hydrogen-bond donors (Lipinski definition) is 2. The van der Waals surface area contributed by atoms with Crippen LogP contribution >= 0.6 is 0 Å². The molecule has 1 aromatic carbocycles. The van der Waals surface area contributed by atoms with Crippen LogP contribution in [0.25, 0.3) is 0 Å². The minimum Gasteiger partial charge on any atom is -0.480 e. The number of carboxylic acid groups (broad SMARTS) is 1. The Kier molecular flexibility index (Phi) is 3.86. The molecule has 0 aliphatic carbocycles. The normalized spacial score (nSPS) is 13.8. The summed E-state index contributed by atoms with van der Waals surface area (Å²) in [5.74, 6) is -1.03. The largest absolute Gasteiger partial charge is 0.480 e. The van der Waals surface area contributed by atoms with Crippen molar-refractivity contribution in [3.63, 3.8) is 0 Å². The van der Waals surface area contributed by atoms with E-state index in [9.17, 15) is 9.90 Å². The van der Waals surface area contributed by atoms with Gasteiger partial charge in [0.1, 0.15) is 5.54 Å². The summed E-state index contributed by atoms with van der Waals surface area (Å²) in [5, 5.41) is 9.57. The lowest BCUT2D eigenvalue weighted by Gasteiger charge is -2.26. The van der Waals surface area contributed by atoms with Crippen molar-refractivity contribution in [1.29, 1.82) is 0 Å². The highest BCUT2D eigenvalue weighted by Gasteiger charge is 2.36. The molecular formula is C16H18N2O2. The van der Waals surface area contributed by atoms with Crippen molar-refractivity contribution in [3.05, 3.63) is 65.0 Å². The van der Waals surface area contributed by atoms with E-state index in [1.165, 1.54) is 0 Å². The summed E-state index contributed by atoms with van der Waals surface area (Å²) in [6.45, 7) is 3.84. The molecule has 0 radical (unpaired) electrons. The molecule has 0 fully saturated rings. The zero-order chi connectivity index (χ0) is 14.8. The van der Waals surface area contributed by atoms with Crippen molar-refractivity contribution in [2.75, 3.05) is 0 Å². The van der Waals surface area contributed by atoms with E-state index in [-0.39, 0.29) is 6.42 Å². The van der Waals surface area contributed by atoms with E-state index in [4.69, 9.17) is 5.73 Å². The van der Waals surface area contributed by atoms with Gasteiger partial charge in [0, 0.05) is 18.3 Å². The van der Waals surface area contributed by atoms with Crippen LogP contribution in [0.5, 0.6) is 0 Å². The molecule has 0 saturated carbocycles. The first-order valence-corrected chi connectivity index (χ1v) is 6.44. The molecule has 0 spiro atoms. The van der Waals surface area contributed by atoms with Crippen molar-refractivity contribution in [3.8, 4) is 0 Å². The van der Waals surface area contributed by atoms with Gasteiger partial charge in [-0.2, -0.15) is 0 Å². The molecule has 1 unspecified atom stereocenters. The molecule has 20 heavy (non-hydrogen) atoms. The van der Waals surface area contributed by atoms with Gasteiger partial charge in [0.2, 0.25) is 0 Å². The van der Waals surface area contributed by atoms with E-state index >= 15 is 0 Å². The summed E-state index contributed by atoms with van der Waals surface area (Å²) in [5.41, 5.74) is 8.15. The molecule has 3 N–H and O–H groups in total. The smallest absolute Gasteiger partial charge is 0.328 e. The molecule has 0 saturated heterocycles. The summed E-state index contributed by atoms with van der Waals surface area (Å²) >= 11 is 0. The predicted molar refractivity (Wildman–Crippen MR) is 77.4 cm³/mol. The number of benzene rings is 1. The molecule has 1 heterocycles. The number of carbonyl (C=O) groups is 1. The number of aliphatic carboxylic acids is 1. The molecule has 1 atom stereocenters. The number of rotatable bonds is 4. The first-order valence-electron chi connectivity index (χ1n) is 6.44. The van der Waals surface area contributed by atoms with Crippen LogP contribution < -0.4 is 5.73 Å². The molecule has 104 valence electrons. The summed E-state index contributed by atoms with van der Waals surface area (Å²) in [6.07, 6.45) is 1.92. The molecule has 2 rings (SSSR count). The van der Waals surface area contributed by atoms with E-state index in [2.05, 4.69) is 4.98 Å². The fourth-order valence-electron chi connectivity index (χ4n) is 2.22. The first-order chi connectivity index (χ1) is 9.45. The van der Waals surface area contributed by atoms with Crippen molar-refractivity contribution < 1.29 is 9.90 Å². The Hall–Kier alpha value is -2.20. The second-order valence-electron chi connectivity index (χ2n) is 5.00. The van der Waals surface area contributed by atoms with Gasteiger partial charge >= 0.3 is 5.97 Å². The van der Waals surface area contributed by atoms with Crippen LogP contribution in [0, 0.1) is 13.8 Å². The summed E-state index contributed by atoms with van der Waals surface area (Å²) in [7, 11) is 0. The lowest BCUT2D eigenvalue weighted by molar-refractivity contribution is -0.143. The van der Waals surface area contributed by atoms with E-state index in [0.717, 1.165) is 16.8 Å². The van der Waals surface area contributed by atoms with Crippen LogP contribution in [0.3, 0.4) is 0 Å². The maximum Gasteiger partial charge on any atom is 0.328 e. The third kappa shape index (κ3) is 2.56. The van der Waals surface area contributed by atoms with Gasteiger partial charge in [-0.3, -0.25) is 4.98 Å². The number of hydrogen-bond acceptors (Lipinski definition) is 3. The molecule has 0 aliphatic rings. The molecule has 0 amide bonds. The predicted octanol–water partition coefficient (Wildman–Crippen LogP) is 2.18. The molecule has 0 bridgehead atoms. The highest BCUT2D eigenvalue weighted by atomic mass is 16.4. The fraction of sp³-hybridized carbons (Fsp3) is 0.250. The molecule has 2 aromatic rings. The average molecular weight is 270 g/mol. The molecular weight excluding hydrogens is 252 g/mol. The Bertz CT molecular complexity index is 626. The highest BCUT2D eigenvalue weighted by molar-refractivity contribution is 5.81. The van der Waals surface area contributed by atoms with Gasteiger partial charge in [0.05, 0.1) is 0 Å². The third-order valence-electron chi connectivity index (χ3n) is 3.71. The summed E-state index contributed by atoms with van der Waals surface area (Å²) in [6, 6.07) is 10.8. The second-order valence-corrected chi connectivity index (χ2v) is 5.00. The summed E-state index contributed by atoms with van der Waals surface area (Å²) in [4.78, 5) is 15.9. The lowest BCUT2D eigenvalue weighted by Crippen LogP contribution is -2.47.